The standard InChI is InChI=1S/C20H24Cl2N2O4/c1-10-8-13(16(22)11(2)15(10)21)17(25)14-12(3)23-24(7)18(14)27-9-28-19(26)20(4,5)6/h8H,9H2,1-7H3. The number of aromatic nitrogens is 2. The number of hydrogen-bond acceptors (Lipinski definition) is 5. The van der Waals surface area contributed by atoms with Gasteiger partial charge in [-0.05, 0) is 58.7 Å². The number of ketones is 1. The monoisotopic (exact) mass is 426 g/mol. The fraction of sp³-hybridized carbons (Fsp3) is 0.450. The van der Waals surface area contributed by atoms with Crippen LogP contribution in [-0.2, 0) is 16.6 Å². The number of carbonyl (C=O) groups excluding carboxylic acids is 2. The maximum absolute atomic E-state index is 13.2. The number of halogens is 2. The van der Waals surface area contributed by atoms with Gasteiger partial charge in [0.1, 0.15) is 5.56 Å². The van der Waals surface area contributed by atoms with Crippen LogP contribution in [0.2, 0.25) is 10.0 Å². The SMILES string of the molecule is Cc1cc(C(=O)c2c(C)nn(C)c2OCOC(=O)C(C)(C)C)c(Cl)c(C)c1Cl. The Morgan fingerprint density at radius 1 is 1.14 bits per heavy atom. The van der Waals surface area contributed by atoms with Gasteiger partial charge in [-0.1, -0.05) is 23.2 Å². The van der Waals surface area contributed by atoms with E-state index in [2.05, 4.69) is 5.10 Å². The van der Waals surface area contributed by atoms with Crippen molar-refractivity contribution < 1.29 is 19.1 Å². The molecule has 2 aromatic rings. The Morgan fingerprint density at radius 3 is 2.32 bits per heavy atom. The lowest BCUT2D eigenvalue weighted by molar-refractivity contribution is -0.159. The minimum Gasteiger partial charge on any atom is -0.440 e. The Labute approximate surface area is 174 Å². The lowest BCUT2D eigenvalue weighted by Crippen LogP contribution is -2.25. The number of ether oxygens (including phenoxy) is 2. The molecule has 1 aromatic carbocycles. The van der Waals surface area contributed by atoms with Crippen LogP contribution < -0.4 is 4.74 Å². The molecule has 0 bridgehead atoms. The van der Waals surface area contributed by atoms with Crippen molar-refractivity contribution in [1.29, 1.82) is 0 Å². The molecule has 1 aromatic heterocycles. The number of esters is 1. The predicted octanol–water partition coefficient (Wildman–Crippen LogP) is 4.81. The molecular weight excluding hydrogens is 403 g/mol. The highest BCUT2D eigenvalue weighted by Gasteiger charge is 2.27. The molecule has 0 fully saturated rings. The van der Waals surface area contributed by atoms with Gasteiger partial charge in [0, 0.05) is 17.6 Å². The van der Waals surface area contributed by atoms with Gasteiger partial charge >= 0.3 is 5.97 Å². The number of aryl methyl sites for hydroxylation is 3. The number of benzene rings is 1. The molecule has 0 radical (unpaired) electrons. The van der Waals surface area contributed by atoms with E-state index in [1.54, 1.807) is 47.7 Å². The molecule has 1 heterocycles. The summed E-state index contributed by atoms with van der Waals surface area (Å²) >= 11 is 12.6. The van der Waals surface area contributed by atoms with E-state index in [4.69, 9.17) is 32.7 Å². The van der Waals surface area contributed by atoms with E-state index in [0.717, 1.165) is 5.56 Å². The third-order valence-electron chi connectivity index (χ3n) is 4.24. The van der Waals surface area contributed by atoms with Crippen LogP contribution in [0.15, 0.2) is 6.07 Å². The Kier molecular flexibility index (Phi) is 6.46. The van der Waals surface area contributed by atoms with Gasteiger partial charge in [0.25, 0.3) is 0 Å². The molecule has 6 nitrogen and oxygen atoms in total. The van der Waals surface area contributed by atoms with Crippen molar-refractivity contribution in [3.05, 3.63) is 44.1 Å². The summed E-state index contributed by atoms with van der Waals surface area (Å²) in [5, 5.41) is 5.07. The molecule has 28 heavy (non-hydrogen) atoms. The van der Waals surface area contributed by atoms with E-state index in [-0.39, 0.29) is 29.0 Å². The zero-order chi connectivity index (χ0) is 21.4. The van der Waals surface area contributed by atoms with Crippen molar-refractivity contribution >= 4 is 35.0 Å². The van der Waals surface area contributed by atoms with Crippen LogP contribution in [0.4, 0.5) is 0 Å². The van der Waals surface area contributed by atoms with Crippen molar-refractivity contribution in [2.45, 2.75) is 41.5 Å². The van der Waals surface area contributed by atoms with Crippen LogP contribution in [0.3, 0.4) is 0 Å². The highest BCUT2D eigenvalue weighted by Crippen LogP contribution is 2.34. The molecule has 0 atom stereocenters. The Hall–Kier alpha value is -2.05. The average molecular weight is 427 g/mol. The first-order valence-electron chi connectivity index (χ1n) is 8.69. The molecule has 0 saturated carbocycles. The normalized spacial score (nSPS) is 11.5. The third-order valence-corrected chi connectivity index (χ3v) is 5.31. The summed E-state index contributed by atoms with van der Waals surface area (Å²) in [4.78, 5) is 25.1. The van der Waals surface area contributed by atoms with Gasteiger partial charge in [0.15, 0.2) is 0 Å². The summed E-state index contributed by atoms with van der Waals surface area (Å²) in [6, 6.07) is 1.65. The van der Waals surface area contributed by atoms with Crippen molar-refractivity contribution in [2.24, 2.45) is 12.5 Å². The smallest absolute Gasteiger partial charge is 0.314 e. The lowest BCUT2D eigenvalue weighted by atomic mass is 9.98. The van der Waals surface area contributed by atoms with Crippen molar-refractivity contribution in [3.63, 3.8) is 0 Å². The van der Waals surface area contributed by atoms with E-state index in [0.29, 0.717) is 21.8 Å². The molecule has 0 unspecified atom stereocenters. The van der Waals surface area contributed by atoms with E-state index in [1.165, 1.54) is 4.68 Å². The summed E-state index contributed by atoms with van der Waals surface area (Å²) in [5.74, 6) is -0.549. The molecule has 0 aliphatic carbocycles. The summed E-state index contributed by atoms with van der Waals surface area (Å²) in [6.07, 6.45) is 0. The third kappa shape index (κ3) is 4.33. The van der Waals surface area contributed by atoms with Crippen LogP contribution in [-0.4, -0.2) is 28.3 Å². The number of carbonyl (C=O) groups is 2. The second-order valence-corrected chi connectivity index (χ2v) is 8.41. The number of nitrogens with zero attached hydrogens (tertiary/aromatic N) is 2. The topological polar surface area (TPSA) is 70.4 Å². The first-order valence-corrected chi connectivity index (χ1v) is 9.45. The zero-order valence-corrected chi connectivity index (χ0v) is 18.6. The highest BCUT2D eigenvalue weighted by molar-refractivity contribution is 6.39. The van der Waals surface area contributed by atoms with Gasteiger partial charge in [0.2, 0.25) is 18.5 Å². The summed E-state index contributed by atoms with van der Waals surface area (Å²) in [5.41, 5.74) is 1.78. The van der Waals surface area contributed by atoms with Gasteiger partial charge in [-0.15, -0.1) is 0 Å². The molecular formula is C20H24Cl2N2O4. The van der Waals surface area contributed by atoms with Crippen LogP contribution in [0, 0.1) is 26.2 Å². The largest absolute Gasteiger partial charge is 0.440 e. The van der Waals surface area contributed by atoms with E-state index < -0.39 is 11.4 Å². The fourth-order valence-corrected chi connectivity index (χ4v) is 3.09. The minimum absolute atomic E-state index is 0.200. The first kappa shape index (κ1) is 22.2. The molecule has 0 saturated heterocycles. The Morgan fingerprint density at radius 2 is 1.75 bits per heavy atom. The summed E-state index contributed by atoms with van der Waals surface area (Å²) < 4.78 is 12.2. The molecule has 8 heteroatoms. The van der Waals surface area contributed by atoms with E-state index >= 15 is 0 Å². The van der Waals surface area contributed by atoms with E-state index in [9.17, 15) is 9.59 Å². The average Bonchev–Trinajstić information content (AvgIpc) is 2.88. The Bertz CT molecular complexity index is 943. The van der Waals surface area contributed by atoms with Crippen molar-refractivity contribution in [3.8, 4) is 5.88 Å². The van der Waals surface area contributed by atoms with Crippen LogP contribution in [0.5, 0.6) is 5.88 Å². The van der Waals surface area contributed by atoms with Crippen LogP contribution >= 0.6 is 23.2 Å². The second kappa shape index (κ2) is 8.13. The maximum atomic E-state index is 13.2. The number of hydrogen-bond donors (Lipinski definition) is 0. The molecule has 0 spiro atoms. The van der Waals surface area contributed by atoms with Gasteiger partial charge in [-0.2, -0.15) is 5.10 Å². The minimum atomic E-state index is -0.656. The maximum Gasteiger partial charge on any atom is 0.314 e. The zero-order valence-electron chi connectivity index (χ0n) is 17.1. The second-order valence-electron chi connectivity index (χ2n) is 7.66. The molecule has 0 amide bonds. The highest BCUT2D eigenvalue weighted by atomic mass is 35.5. The fourth-order valence-electron chi connectivity index (χ4n) is 2.66. The lowest BCUT2D eigenvalue weighted by Gasteiger charge is -2.17. The molecule has 2 rings (SSSR count). The van der Waals surface area contributed by atoms with E-state index in [1.807, 2.05) is 6.92 Å². The Balaban J connectivity index is 2.37. The van der Waals surface area contributed by atoms with Gasteiger partial charge in [0.05, 0.1) is 16.1 Å². The molecule has 0 aliphatic rings. The molecule has 0 N–H and O–H groups in total. The molecule has 0 aliphatic heterocycles. The van der Waals surface area contributed by atoms with Crippen molar-refractivity contribution in [2.75, 3.05) is 6.79 Å². The first-order chi connectivity index (χ1) is 12.9. The summed E-state index contributed by atoms with van der Waals surface area (Å²) in [7, 11) is 1.64. The van der Waals surface area contributed by atoms with Crippen LogP contribution in [0.25, 0.3) is 0 Å². The van der Waals surface area contributed by atoms with Crippen LogP contribution in [0.1, 0.15) is 53.5 Å². The van der Waals surface area contributed by atoms with Crippen molar-refractivity contribution in [1.82, 2.24) is 9.78 Å². The number of rotatable bonds is 5. The van der Waals surface area contributed by atoms with Gasteiger partial charge < -0.3 is 9.47 Å². The summed E-state index contributed by atoms with van der Waals surface area (Å²) in [6.45, 7) is 10.2. The van der Waals surface area contributed by atoms with Gasteiger partial charge in [-0.3, -0.25) is 9.59 Å². The predicted molar refractivity (Wildman–Crippen MR) is 108 cm³/mol. The molecule has 152 valence electrons. The quantitative estimate of drug-likeness (QED) is 0.389. The van der Waals surface area contributed by atoms with Gasteiger partial charge in [-0.25, -0.2) is 4.68 Å².